The van der Waals surface area contributed by atoms with E-state index in [2.05, 4.69) is 6.92 Å². The fourth-order valence-electron chi connectivity index (χ4n) is 3.88. The van der Waals surface area contributed by atoms with E-state index in [1.807, 2.05) is 0 Å². The normalized spacial score (nSPS) is 24.8. The van der Waals surface area contributed by atoms with Gasteiger partial charge in [-0.3, -0.25) is 14.4 Å². The highest BCUT2D eigenvalue weighted by molar-refractivity contribution is 5.67. The topological polar surface area (TPSA) is 118 Å². The van der Waals surface area contributed by atoms with Crippen LogP contribution < -0.4 is 0 Å². The summed E-state index contributed by atoms with van der Waals surface area (Å²) in [4.78, 5) is 34.5. The maximum atomic E-state index is 11.7. The van der Waals surface area contributed by atoms with Crippen molar-refractivity contribution in [3.63, 3.8) is 0 Å². The van der Waals surface area contributed by atoms with E-state index in [-0.39, 0.29) is 6.61 Å². The molecule has 1 aliphatic rings. The minimum absolute atomic E-state index is 0.241. The molecule has 192 valence electrons. The molecule has 0 unspecified atom stereocenters. The average molecular weight is 475 g/mol. The van der Waals surface area contributed by atoms with E-state index in [1.165, 1.54) is 65.7 Å². The first-order chi connectivity index (χ1) is 15.8. The van der Waals surface area contributed by atoms with Gasteiger partial charge in [-0.25, -0.2) is 0 Å². The highest BCUT2D eigenvalue weighted by atomic mass is 16.7. The van der Waals surface area contributed by atoms with Crippen LogP contribution in [0.2, 0.25) is 0 Å². The van der Waals surface area contributed by atoms with Crippen LogP contribution in [0.1, 0.15) is 91.9 Å². The van der Waals surface area contributed by atoms with Crippen molar-refractivity contribution in [3.05, 3.63) is 0 Å². The largest absolute Gasteiger partial charge is 0.463 e. The molecule has 9 heteroatoms. The van der Waals surface area contributed by atoms with Crippen LogP contribution in [0.5, 0.6) is 0 Å². The summed E-state index contributed by atoms with van der Waals surface area (Å²) in [6.45, 7) is 5.98. The van der Waals surface area contributed by atoms with E-state index in [9.17, 15) is 19.5 Å². The number of rotatable bonds is 16. The summed E-state index contributed by atoms with van der Waals surface area (Å²) in [7, 11) is 0. The molecule has 0 spiro atoms. The Morgan fingerprint density at radius 1 is 0.727 bits per heavy atom. The van der Waals surface area contributed by atoms with Gasteiger partial charge in [0.05, 0.1) is 0 Å². The lowest BCUT2D eigenvalue weighted by Gasteiger charge is -2.43. The van der Waals surface area contributed by atoms with E-state index >= 15 is 0 Å². The van der Waals surface area contributed by atoms with Crippen LogP contribution in [0.3, 0.4) is 0 Å². The second-order valence-corrected chi connectivity index (χ2v) is 8.53. The van der Waals surface area contributed by atoms with Crippen LogP contribution in [0.4, 0.5) is 0 Å². The minimum atomic E-state index is -1.51. The molecule has 1 heterocycles. The average Bonchev–Trinajstić information content (AvgIpc) is 2.73. The Morgan fingerprint density at radius 3 is 1.76 bits per heavy atom. The van der Waals surface area contributed by atoms with Gasteiger partial charge in [-0.15, -0.1) is 0 Å². The summed E-state index contributed by atoms with van der Waals surface area (Å²) >= 11 is 0. The van der Waals surface area contributed by atoms with Crippen molar-refractivity contribution >= 4 is 17.9 Å². The van der Waals surface area contributed by atoms with Crippen molar-refractivity contribution in [2.45, 2.75) is 123 Å². The molecule has 0 bridgehead atoms. The van der Waals surface area contributed by atoms with E-state index in [4.69, 9.17) is 23.7 Å². The predicted octanol–water partition coefficient (Wildman–Crippen LogP) is 3.44. The molecule has 0 aliphatic carbocycles. The molecule has 0 aromatic rings. The van der Waals surface area contributed by atoms with Crippen LogP contribution in [-0.4, -0.2) is 66.9 Å². The Labute approximate surface area is 197 Å². The second kappa shape index (κ2) is 16.8. The zero-order chi connectivity index (χ0) is 24.6. The number of aliphatic hydroxyl groups is 1. The van der Waals surface area contributed by atoms with Crippen molar-refractivity contribution in [3.8, 4) is 0 Å². The summed E-state index contributed by atoms with van der Waals surface area (Å²) < 4.78 is 27.0. The van der Waals surface area contributed by atoms with Gasteiger partial charge in [-0.05, 0) is 6.42 Å². The molecular formula is C24H42O9. The molecule has 1 rings (SSSR count). The molecule has 0 aromatic heterocycles. The van der Waals surface area contributed by atoms with Crippen LogP contribution in [0.15, 0.2) is 0 Å². The second-order valence-electron chi connectivity index (χ2n) is 8.53. The molecule has 5 atom stereocenters. The number of aliphatic hydroxyl groups excluding tert-OH is 1. The Bertz CT molecular complexity index is 580. The summed E-state index contributed by atoms with van der Waals surface area (Å²) in [5, 5.41) is 10.4. The van der Waals surface area contributed by atoms with Crippen molar-refractivity contribution in [2.75, 3.05) is 13.2 Å². The fraction of sp³-hybridized carbons (Fsp3) is 0.875. The van der Waals surface area contributed by atoms with Gasteiger partial charge in [0.15, 0.2) is 18.5 Å². The third-order valence-corrected chi connectivity index (χ3v) is 5.47. The molecule has 0 aromatic carbocycles. The summed E-state index contributed by atoms with van der Waals surface area (Å²) in [5.74, 6) is -1.77. The molecule has 1 saturated heterocycles. The standard InChI is InChI=1S/C24H42O9/c1-5-6-7-8-9-10-11-12-13-14-15-29-22-21(31-18(3)26)20(16-30-17(2)25)33-24(28)23(22)32-19(4)27/h20-24,28H,5-16H2,1-4H3/t20-,21-,22+,23-,24+/m1/s1. The lowest BCUT2D eigenvalue weighted by atomic mass is 9.98. The van der Waals surface area contributed by atoms with Gasteiger partial charge >= 0.3 is 17.9 Å². The summed E-state index contributed by atoms with van der Waals surface area (Å²) in [6, 6.07) is 0. The molecule has 0 saturated carbocycles. The number of carbonyl (C=O) groups excluding carboxylic acids is 3. The van der Waals surface area contributed by atoms with E-state index in [0.717, 1.165) is 19.3 Å². The molecule has 1 N–H and O–H groups in total. The lowest BCUT2D eigenvalue weighted by molar-refractivity contribution is -0.300. The smallest absolute Gasteiger partial charge is 0.303 e. The third-order valence-electron chi connectivity index (χ3n) is 5.47. The Morgan fingerprint density at radius 2 is 1.24 bits per heavy atom. The van der Waals surface area contributed by atoms with Gasteiger partial charge in [0, 0.05) is 27.4 Å². The predicted molar refractivity (Wildman–Crippen MR) is 120 cm³/mol. The van der Waals surface area contributed by atoms with Gasteiger partial charge in [0.25, 0.3) is 0 Å². The van der Waals surface area contributed by atoms with Gasteiger partial charge < -0.3 is 28.8 Å². The van der Waals surface area contributed by atoms with E-state index < -0.39 is 48.6 Å². The highest BCUT2D eigenvalue weighted by Gasteiger charge is 2.50. The molecule has 1 aliphatic heterocycles. The maximum absolute atomic E-state index is 11.7. The van der Waals surface area contributed by atoms with Crippen molar-refractivity contribution in [2.24, 2.45) is 0 Å². The molecule has 9 nitrogen and oxygen atoms in total. The number of carbonyl (C=O) groups is 3. The Kier molecular flexibility index (Phi) is 15.0. The summed E-state index contributed by atoms with van der Waals surface area (Å²) in [6.07, 6.45) is 6.09. The number of esters is 3. The SMILES string of the molecule is CCCCCCCCCCCCO[C@@H]1[C@@H](OC(C)=O)[C@@H](O)O[C@H](COC(C)=O)[C@H]1OC(C)=O. The first kappa shape index (κ1) is 29.3. The molecular weight excluding hydrogens is 432 g/mol. The quantitative estimate of drug-likeness (QED) is 0.204. The van der Waals surface area contributed by atoms with Crippen LogP contribution in [0, 0.1) is 0 Å². The first-order valence-corrected chi connectivity index (χ1v) is 12.2. The zero-order valence-corrected chi connectivity index (χ0v) is 20.6. The molecule has 0 amide bonds. The number of ether oxygens (including phenoxy) is 5. The van der Waals surface area contributed by atoms with Crippen molar-refractivity contribution in [1.82, 2.24) is 0 Å². The van der Waals surface area contributed by atoms with Gasteiger partial charge in [0.2, 0.25) is 0 Å². The number of hydrogen-bond donors (Lipinski definition) is 1. The first-order valence-electron chi connectivity index (χ1n) is 12.2. The highest BCUT2D eigenvalue weighted by Crippen LogP contribution is 2.28. The number of unbranched alkanes of at least 4 members (excludes halogenated alkanes) is 9. The number of hydrogen-bond acceptors (Lipinski definition) is 9. The van der Waals surface area contributed by atoms with E-state index in [1.54, 1.807) is 0 Å². The maximum Gasteiger partial charge on any atom is 0.303 e. The Hall–Kier alpha value is -1.71. The van der Waals surface area contributed by atoms with Crippen LogP contribution in [-0.2, 0) is 38.1 Å². The van der Waals surface area contributed by atoms with Crippen molar-refractivity contribution < 1.29 is 43.2 Å². The van der Waals surface area contributed by atoms with Gasteiger partial charge in [0.1, 0.15) is 18.8 Å². The van der Waals surface area contributed by atoms with E-state index in [0.29, 0.717) is 6.61 Å². The monoisotopic (exact) mass is 474 g/mol. The van der Waals surface area contributed by atoms with Gasteiger partial charge in [-0.2, -0.15) is 0 Å². The lowest BCUT2D eigenvalue weighted by Crippen LogP contribution is -2.62. The molecule has 1 fully saturated rings. The summed E-state index contributed by atoms with van der Waals surface area (Å²) in [5.41, 5.74) is 0. The Balaban J connectivity index is 2.61. The van der Waals surface area contributed by atoms with Gasteiger partial charge in [-0.1, -0.05) is 64.7 Å². The molecule has 33 heavy (non-hydrogen) atoms. The third kappa shape index (κ3) is 12.4. The minimum Gasteiger partial charge on any atom is -0.463 e. The van der Waals surface area contributed by atoms with Crippen molar-refractivity contribution in [1.29, 1.82) is 0 Å². The zero-order valence-electron chi connectivity index (χ0n) is 20.6. The van der Waals surface area contributed by atoms with Crippen LogP contribution in [0.25, 0.3) is 0 Å². The molecule has 0 radical (unpaired) electrons. The van der Waals surface area contributed by atoms with Crippen LogP contribution >= 0.6 is 0 Å². The fourth-order valence-corrected chi connectivity index (χ4v) is 3.88.